The van der Waals surface area contributed by atoms with Gasteiger partial charge in [-0.2, -0.15) is 0 Å². The molecular weight excluding hydrogens is 392 g/mol. The second kappa shape index (κ2) is 8.64. The lowest BCUT2D eigenvalue weighted by atomic mass is 10.1. The average molecular weight is 417 g/mol. The molecule has 0 saturated heterocycles. The molecule has 10 heteroatoms. The Labute approximate surface area is 171 Å². The first kappa shape index (κ1) is 20.8. The first-order chi connectivity index (χ1) is 13.8. The third-order valence-corrected chi connectivity index (χ3v) is 5.57. The number of carbonyl (C=O) groups excluding carboxylic acids is 2. The third-order valence-electron chi connectivity index (χ3n) is 4.52. The summed E-state index contributed by atoms with van der Waals surface area (Å²) in [5.41, 5.74) is 0.572. The van der Waals surface area contributed by atoms with E-state index in [1.165, 1.54) is 18.8 Å². The molecule has 9 nitrogen and oxygen atoms in total. The van der Waals surface area contributed by atoms with E-state index in [1.807, 2.05) is 18.2 Å². The zero-order valence-electron chi connectivity index (χ0n) is 16.8. The number of thioether (sulfide) groups is 1. The van der Waals surface area contributed by atoms with Crippen LogP contribution in [0.1, 0.15) is 27.2 Å². The number of carbonyl (C=O) groups is 2. The van der Waals surface area contributed by atoms with Crippen molar-refractivity contribution in [2.24, 2.45) is 5.92 Å². The number of nitrogens with one attached hydrogen (secondary N) is 2. The number of hydrogen-bond acceptors (Lipinski definition) is 6. The minimum atomic E-state index is -0.588. The summed E-state index contributed by atoms with van der Waals surface area (Å²) in [6, 6.07) is 6.70. The fourth-order valence-corrected chi connectivity index (χ4v) is 3.74. The van der Waals surface area contributed by atoms with E-state index in [2.05, 4.69) is 34.7 Å². The number of rotatable bonds is 6. The van der Waals surface area contributed by atoms with Crippen LogP contribution in [0, 0.1) is 5.92 Å². The molecule has 154 valence electrons. The molecule has 0 spiro atoms. The fourth-order valence-electron chi connectivity index (χ4n) is 2.89. The van der Waals surface area contributed by atoms with Crippen LogP contribution in [0.5, 0.6) is 0 Å². The molecule has 0 unspecified atom stereocenters. The predicted octanol–water partition coefficient (Wildman–Crippen LogP) is 2.03. The largest absolute Gasteiger partial charge is 0.341 e. The van der Waals surface area contributed by atoms with Gasteiger partial charge in [-0.3, -0.25) is 23.9 Å². The monoisotopic (exact) mass is 416 g/mol. The van der Waals surface area contributed by atoms with Crippen molar-refractivity contribution in [1.82, 2.24) is 29.8 Å². The standard InChI is InChI=1S/C19H24N6O3S/c1-11(2)9-10-24-16(27)13-7-5-6-8-14(13)25-18(24)22-23-19(25)29-12(3)15(26)21-17(28)20-4/h5-8,11-12H,9-10H2,1-4H3,(H2,20,21,26,28)/t12-/m1/s1. The molecular formula is C19H24N6O3S. The number of fused-ring (bicyclic) bond motifs is 3. The number of para-hydroxylation sites is 1. The highest BCUT2D eigenvalue weighted by molar-refractivity contribution is 8.00. The van der Waals surface area contributed by atoms with Crippen LogP contribution in [0.15, 0.2) is 34.2 Å². The number of imide groups is 1. The molecule has 3 rings (SSSR count). The zero-order valence-corrected chi connectivity index (χ0v) is 17.6. The molecule has 2 heterocycles. The highest BCUT2D eigenvalue weighted by Gasteiger charge is 2.22. The summed E-state index contributed by atoms with van der Waals surface area (Å²) in [7, 11) is 1.44. The van der Waals surface area contributed by atoms with Crippen molar-refractivity contribution in [2.45, 2.75) is 44.1 Å². The number of hydrogen-bond donors (Lipinski definition) is 2. The topological polar surface area (TPSA) is 110 Å². The Kier molecular flexibility index (Phi) is 6.21. The zero-order chi connectivity index (χ0) is 21.1. The van der Waals surface area contributed by atoms with E-state index >= 15 is 0 Å². The van der Waals surface area contributed by atoms with Gasteiger partial charge in [-0.05, 0) is 31.4 Å². The SMILES string of the molecule is CNC(=O)NC(=O)[C@@H](C)Sc1nnc2n(CCC(C)C)c(=O)c3ccccc3n12. The van der Waals surface area contributed by atoms with Crippen LogP contribution in [-0.2, 0) is 11.3 Å². The maximum absolute atomic E-state index is 13.0. The van der Waals surface area contributed by atoms with Crippen molar-refractivity contribution in [3.05, 3.63) is 34.6 Å². The molecule has 0 aliphatic carbocycles. The molecule has 0 aliphatic heterocycles. The average Bonchev–Trinajstić information content (AvgIpc) is 3.11. The molecule has 1 aromatic carbocycles. The van der Waals surface area contributed by atoms with Crippen LogP contribution < -0.4 is 16.2 Å². The second-order valence-corrected chi connectivity index (χ2v) is 8.41. The van der Waals surface area contributed by atoms with Gasteiger partial charge in [0, 0.05) is 13.6 Å². The van der Waals surface area contributed by atoms with Gasteiger partial charge in [-0.1, -0.05) is 37.7 Å². The summed E-state index contributed by atoms with van der Waals surface area (Å²) in [6.45, 7) is 6.41. The quantitative estimate of drug-likeness (QED) is 0.595. The maximum Gasteiger partial charge on any atom is 0.321 e. The normalized spacial score (nSPS) is 12.4. The first-order valence-corrected chi connectivity index (χ1v) is 10.3. The van der Waals surface area contributed by atoms with Gasteiger partial charge in [0.1, 0.15) is 0 Å². The Bertz CT molecular complexity index is 1120. The summed E-state index contributed by atoms with van der Waals surface area (Å²) in [4.78, 5) is 36.6. The van der Waals surface area contributed by atoms with Crippen molar-refractivity contribution >= 4 is 40.4 Å². The summed E-state index contributed by atoms with van der Waals surface area (Å²) in [5, 5.41) is 13.5. The molecule has 29 heavy (non-hydrogen) atoms. The van der Waals surface area contributed by atoms with Crippen LogP contribution in [0.25, 0.3) is 16.7 Å². The molecule has 3 amide bonds. The Morgan fingerprint density at radius 3 is 2.59 bits per heavy atom. The molecule has 2 aromatic heterocycles. The van der Waals surface area contributed by atoms with E-state index in [1.54, 1.807) is 22.0 Å². The number of aromatic nitrogens is 4. The van der Waals surface area contributed by atoms with Gasteiger partial charge in [-0.15, -0.1) is 10.2 Å². The first-order valence-electron chi connectivity index (χ1n) is 9.39. The molecule has 0 fully saturated rings. The minimum absolute atomic E-state index is 0.108. The molecule has 2 N–H and O–H groups in total. The number of aryl methyl sites for hydroxylation is 1. The molecule has 0 radical (unpaired) electrons. The maximum atomic E-state index is 13.0. The van der Waals surface area contributed by atoms with E-state index in [0.29, 0.717) is 34.3 Å². The minimum Gasteiger partial charge on any atom is -0.341 e. The van der Waals surface area contributed by atoms with E-state index in [4.69, 9.17) is 0 Å². The van der Waals surface area contributed by atoms with Crippen LogP contribution in [0.3, 0.4) is 0 Å². The Balaban J connectivity index is 2.07. The van der Waals surface area contributed by atoms with E-state index in [-0.39, 0.29) is 5.56 Å². The number of benzene rings is 1. The van der Waals surface area contributed by atoms with Gasteiger partial charge in [0.25, 0.3) is 5.56 Å². The lowest BCUT2D eigenvalue weighted by molar-refractivity contribution is -0.119. The van der Waals surface area contributed by atoms with Crippen molar-refractivity contribution in [3.63, 3.8) is 0 Å². The van der Waals surface area contributed by atoms with Crippen LogP contribution in [0.4, 0.5) is 4.79 Å². The van der Waals surface area contributed by atoms with Gasteiger partial charge in [0.15, 0.2) is 5.16 Å². The van der Waals surface area contributed by atoms with Gasteiger partial charge in [0.2, 0.25) is 11.7 Å². The molecule has 1 atom stereocenters. The smallest absolute Gasteiger partial charge is 0.321 e. The fraction of sp³-hybridized carbons (Fsp3) is 0.421. The summed E-state index contributed by atoms with van der Waals surface area (Å²) in [5.74, 6) is 0.429. The Morgan fingerprint density at radius 1 is 1.17 bits per heavy atom. The van der Waals surface area contributed by atoms with Gasteiger partial charge in [-0.25, -0.2) is 4.79 Å². The summed E-state index contributed by atoms with van der Waals surface area (Å²) >= 11 is 1.18. The Hall–Kier alpha value is -2.88. The summed E-state index contributed by atoms with van der Waals surface area (Å²) < 4.78 is 3.43. The van der Waals surface area contributed by atoms with E-state index in [0.717, 1.165) is 6.42 Å². The van der Waals surface area contributed by atoms with E-state index in [9.17, 15) is 14.4 Å². The second-order valence-electron chi connectivity index (χ2n) is 7.10. The molecule has 3 aromatic rings. The van der Waals surface area contributed by atoms with Crippen molar-refractivity contribution in [1.29, 1.82) is 0 Å². The number of nitrogens with zero attached hydrogens (tertiary/aromatic N) is 4. The van der Waals surface area contributed by atoms with Gasteiger partial charge >= 0.3 is 6.03 Å². The number of urea groups is 1. The van der Waals surface area contributed by atoms with Crippen molar-refractivity contribution < 1.29 is 9.59 Å². The molecule has 0 aliphatic rings. The van der Waals surface area contributed by atoms with Crippen molar-refractivity contribution in [3.8, 4) is 0 Å². The van der Waals surface area contributed by atoms with Crippen molar-refractivity contribution in [2.75, 3.05) is 7.05 Å². The van der Waals surface area contributed by atoms with Gasteiger partial charge < -0.3 is 5.32 Å². The Morgan fingerprint density at radius 2 is 1.90 bits per heavy atom. The van der Waals surface area contributed by atoms with Gasteiger partial charge in [0.05, 0.1) is 16.2 Å². The third kappa shape index (κ3) is 4.26. The van der Waals surface area contributed by atoms with Crippen LogP contribution in [0.2, 0.25) is 0 Å². The number of amides is 3. The van der Waals surface area contributed by atoms with E-state index < -0.39 is 17.2 Å². The molecule has 0 bridgehead atoms. The highest BCUT2D eigenvalue weighted by atomic mass is 32.2. The van der Waals surface area contributed by atoms with Crippen LogP contribution in [-0.4, -0.2) is 43.4 Å². The predicted molar refractivity (Wildman–Crippen MR) is 112 cm³/mol. The highest BCUT2D eigenvalue weighted by Crippen LogP contribution is 2.25. The summed E-state index contributed by atoms with van der Waals surface area (Å²) in [6.07, 6.45) is 0.828. The lowest BCUT2D eigenvalue weighted by Crippen LogP contribution is -2.41. The van der Waals surface area contributed by atoms with Crippen LogP contribution >= 0.6 is 11.8 Å². The lowest BCUT2D eigenvalue weighted by Gasteiger charge is -2.13. The molecule has 0 saturated carbocycles.